The number of aromatic nitrogens is 2. The predicted molar refractivity (Wildman–Crippen MR) is 128 cm³/mol. The molecule has 4 rings (SSSR count). The summed E-state index contributed by atoms with van der Waals surface area (Å²) in [6, 6.07) is 18.3. The highest BCUT2D eigenvalue weighted by atomic mass is 79.9. The van der Waals surface area contributed by atoms with Gasteiger partial charge in [0.1, 0.15) is 12.3 Å². The van der Waals surface area contributed by atoms with Gasteiger partial charge in [-0.05, 0) is 54.6 Å². The number of fused-ring (bicyclic) bond motifs is 1. The number of hydrogen-bond donors (Lipinski definition) is 1. The molecule has 0 aliphatic rings. The fraction of sp³-hybridized carbons (Fsp3) is 0.0870. The lowest BCUT2D eigenvalue weighted by atomic mass is 10.2. The number of rotatable bonds is 5. The minimum atomic E-state index is -0.637. The average Bonchev–Trinajstić information content (AvgIpc) is 2.78. The normalized spacial score (nSPS) is 10.8. The lowest BCUT2D eigenvalue weighted by Crippen LogP contribution is -2.40. The van der Waals surface area contributed by atoms with E-state index in [4.69, 9.17) is 16.3 Å². The summed E-state index contributed by atoms with van der Waals surface area (Å²) in [5.74, 6) is 0.0512. The van der Waals surface area contributed by atoms with E-state index < -0.39 is 17.2 Å². The van der Waals surface area contributed by atoms with Crippen LogP contribution in [0.5, 0.6) is 5.75 Å². The number of benzene rings is 3. The number of nitrogens with zero attached hydrogens (tertiary/aromatic N) is 2. The molecule has 0 aliphatic heterocycles. The van der Waals surface area contributed by atoms with Crippen molar-refractivity contribution in [1.29, 1.82) is 0 Å². The lowest BCUT2D eigenvalue weighted by Gasteiger charge is -2.15. The maximum Gasteiger partial charge on any atom is 0.336 e. The van der Waals surface area contributed by atoms with Gasteiger partial charge in [-0.3, -0.25) is 14.2 Å². The fourth-order valence-electron chi connectivity index (χ4n) is 3.40. The second-order valence-corrected chi connectivity index (χ2v) is 8.25. The van der Waals surface area contributed by atoms with Crippen molar-refractivity contribution < 1.29 is 9.53 Å². The first kappa shape index (κ1) is 21.9. The summed E-state index contributed by atoms with van der Waals surface area (Å²) < 4.78 is 8.23. The van der Waals surface area contributed by atoms with Gasteiger partial charge in [0.2, 0.25) is 5.91 Å². The quantitative estimate of drug-likeness (QED) is 0.432. The van der Waals surface area contributed by atoms with Crippen LogP contribution in [0.3, 0.4) is 0 Å². The van der Waals surface area contributed by atoms with Crippen LogP contribution in [0, 0.1) is 0 Å². The van der Waals surface area contributed by atoms with Crippen molar-refractivity contribution in [2.75, 3.05) is 12.4 Å². The SMILES string of the molecule is COc1ccccc1NC(=O)Cn1c(=O)n(-c2ccc(Cl)cc2)c(=O)c2cc(Br)ccc21. The number of ether oxygens (including phenoxy) is 1. The third-order valence-corrected chi connectivity index (χ3v) is 5.62. The number of hydrogen-bond acceptors (Lipinski definition) is 4. The van der Waals surface area contributed by atoms with E-state index in [1.54, 1.807) is 66.7 Å². The molecule has 0 bridgehead atoms. The Hall–Kier alpha value is -3.36. The van der Waals surface area contributed by atoms with Crippen molar-refractivity contribution in [2.24, 2.45) is 0 Å². The molecule has 7 nitrogen and oxygen atoms in total. The number of carbonyl (C=O) groups is 1. The van der Waals surface area contributed by atoms with Crippen molar-refractivity contribution >= 4 is 50.0 Å². The van der Waals surface area contributed by atoms with E-state index in [-0.39, 0.29) is 6.54 Å². The molecule has 3 aromatic carbocycles. The fourth-order valence-corrected chi connectivity index (χ4v) is 3.88. The number of methoxy groups -OCH3 is 1. The van der Waals surface area contributed by atoms with Crippen molar-refractivity contribution in [1.82, 2.24) is 9.13 Å². The molecular weight excluding hydrogens is 498 g/mol. The molecule has 162 valence electrons. The zero-order chi connectivity index (χ0) is 22.8. The Morgan fingerprint density at radius 3 is 2.50 bits per heavy atom. The third kappa shape index (κ3) is 4.19. The lowest BCUT2D eigenvalue weighted by molar-refractivity contribution is -0.116. The Morgan fingerprint density at radius 1 is 1.06 bits per heavy atom. The van der Waals surface area contributed by atoms with Crippen LogP contribution < -0.4 is 21.3 Å². The van der Waals surface area contributed by atoms with Gasteiger partial charge < -0.3 is 10.1 Å². The van der Waals surface area contributed by atoms with E-state index in [1.807, 2.05) is 0 Å². The van der Waals surface area contributed by atoms with Gasteiger partial charge in [0.25, 0.3) is 5.56 Å². The molecule has 0 saturated carbocycles. The van der Waals surface area contributed by atoms with Gasteiger partial charge >= 0.3 is 5.69 Å². The van der Waals surface area contributed by atoms with Gasteiger partial charge in [-0.1, -0.05) is 39.7 Å². The van der Waals surface area contributed by atoms with Crippen molar-refractivity contribution in [3.63, 3.8) is 0 Å². The highest BCUT2D eigenvalue weighted by molar-refractivity contribution is 9.10. The number of carbonyl (C=O) groups excluding carboxylic acids is 1. The van der Waals surface area contributed by atoms with E-state index in [0.717, 1.165) is 4.57 Å². The Morgan fingerprint density at radius 2 is 1.78 bits per heavy atom. The van der Waals surface area contributed by atoms with Gasteiger partial charge in [0.15, 0.2) is 0 Å². The number of para-hydroxylation sites is 2. The third-order valence-electron chi connectivity index (χ3n) is 4.87. The first-order valence-corrected chi connectivity index (χ1v) is 10.7. The molecule has 1 heterocycles. The summed E-state index contributed by atoms with van der Waals surface area (Å²) in [6.07, 6.45) is 0. The maximum atomic E-state index is 13.4. The molecule has 0 saturated heterocycles. The molecule has 0 radical (unpaired) electrons. The molecule has 32 heavy (non-hydrogen) atoms. The minimum Gasteiger partial charge on any atom is -0.495 e. The number of anilines is 1. The van der Waals surface area contributed by atoms with Crippen LogP contribution in [0.15, 0.2) is 80.8 Å². The molecule has 0 fully saturated rings. The minimum absolute atomic E-state index is 0.291. The van der Waals surface area contributed by atoms with Crippen molar-refractivity contribution in [2.45, 2.75) is 6.54 Å². The first-order chi connectivity index (χ1) is 15.4. The summed E-state index contributed by atoms with van der Waals surface area (Å²) in [4.78, 5) is 39.4. The Kier molecular flexibility index (Phi) is 6.16. The summed E-state index contributed by atoms with van der Waals surface area (Å²) in [5, 5.41) is 3.52. The van der Waals surface area contributed by atoms with Crippen LogP contribution >= 0.6 is 27.5 Å². The average molecular weight is 515 g/mol. The summed E-state index contributed by atoms with van der Waals surface area (Å²) in [7, 11) is 1.50. The van der Waals surface area contributed by atoms with Crippen molar-refractivity contribution in [3.8, 4) is 11.4 Å². The molecule has 1 N–H and O–H groups in total. The molecule has 0 aliphatic carbocycles. The Balaban J connectivity index is 1.85. The van der Waals surface area contributed by atoms with Crippen LogP contribution in [0.1, 0.15) is 0 Å². The van der Waals surface area contributed by atoms with E-state index in [2.05, 4.69) is 21.2 Å². The van der Waals surface area contributed by atoms with Crippen LogP contribution in [0.2, 0.25) is 5.02 Å². The van der Waals surface area contributed by atoms with Gasteiger partial charge in [0, 0.05) is 9.50 Å². The molecule has 0 unspecified atom stereocenters. The first-order valence-electron chi connectivity index (χ1n) is 9.53. The Labute approximate surface area is 196 Å². The number of nitrogens with one attached hydrogen (secondary N) is 1. The van der Waals surface area contributed by atoms with Crippen LogP contribution in [-0.2, 0) is 11.3 Å². The molecular formula is C23H17BrClN3O4. The monoisotopic (exact) mass is 513 g/mol. The van der Waals surface area contributed by atoms with Crippen LogP contribution in [0.25, 0.3) is 16.6 Å². The molecule has 9 heteroatoms. The van der Waals surface area contributed by atoms with Gasteiger partial charge in [-0.15, -0.1) is 0 Å². The number of amides is 1. The van der Waals surface area contributed by atoms with E-state index >= 15 is 0 Å². The van der Waals surface area contributed by atoms with Crippen LogP contribution in [0.4, 0.5) is 5.69 Å². The van der Waals surface area contributed by atoms with E-state index in [1.165, 1.54) is 11.7 Å². The second-order valence-electron chi connectivity index (χ2n) is 6.90. The largest absolute Gasteiger partial charge is 0.495 e. The van der Waals surface area contributed by atoms with Gasteiger partial charge in [-0.25, -0.2) is 9.36 Å². The predicted octanol–water partition coefficient (Wildman–Crippen LogP) is 4.22. The van der Waals surface area contributed by atoms with Crippen LogP contribution in [-0.4, -0.2) is 22.2 Å². The standard InChI is InChI=1S/C23H17BrClN3O4/c1-32-20-5-3-2-4-18(20)26-21(29)13-27-19-11-6-14(24)12-17(19)22(30)28(23(27)31)16-9-7-15(25)8-10-16/h2-12H,13H2,1H3,(H,26,29). The van der Waals surface area contributed by atoms with Gasteiger partial charge in [-0.2, -0.15) is 0 Å². The summed E-state index contributed by atoms with van der Waals surface area (Å²) in [6.45, 7) is -0.303. The zero-order valence-electron chi connectivity index (χ0n) is 16.8. The maximum absolute atomic E-state index is 13.4. The number of halogens is 2. The van der Waals surface area contributed by atoms with Crippen molar-refractivity contribution in [3.05, 3.63) is 97.1 Å². The van der Waals surface area contributed by atoms with E-state index in [9.17, 15) is 14.4 Å². The van der Waals surface area contributed by atoms with E-state index in [0.29, 0.717) is 37.5 Å². The highest BCUT2D eigenvalue weighted by Crippen LogP contribution is 2.23. The summed E-state index contributed by atoms with van der Waals surface area (Å²) in [5.41, 5.74) is 0.0530. The molecule has 1 amide bonds. The zero-order valence-corrected chi connectivity index (χ0v) is 19.2. The second kappa shape index (κ2) is 9.02. The molecule has 0 atom stereocenters. The topological polar surface area (TPSA) is 82.3 Å². The summed E-state index contributed by atoms with van der Waals surface area (Å²) >= 11 is 9.32. The molecule has 4 aromatic rings. The Bertz CT molecular complexity index is 1440. The molecule has 0 spiro atoms. The molecule has 1 aromatic heterocycles. The smallest absolute Gasteiger partial charge is 0.336 e. The highest BCUT2D eigenvalue weighted by Gasteiger charge is 2.17. The van der Waals surface area contributed by atoms with Gasteiger partial charge in [0.05, 0.1) is 29.4 Å².